The molecule has 1 aliphatic heterocycles. The Morgan fingerprint density at radius 1 is 0.950 bits per heavy atom. The average molecular weight is 265 g/mol. The van der Waals surface area contributed by atoms with Gasteiger partial charge in [0.15, 0.2) is 11.6 Å². The van der Waals surface area contributed by atoms with Gasteiger partial charge in [-0.1, -0.05) is 30.3 Å². The normalized spacial score (nSPS) is 17.8. The predicted octanol–water partition coefficient (Wildman–Crippen LogP) is 3.05. The van der Waals surface area contributed by atoms with Gasteiger partial charge in [0.2, 0.25) is 0 Å². The number of carbonyl (C=O) groups is 1. The lowest BCUT2D eigenvalue weighted by Crippen LogP contribution is -2.15. The molecule has 1 aliphatic carbocycles. The van der Waals surface area contributed by atoms with E-state index in [1.807, 2.05) is 30.3 Å². The van der Waals surface area contributed by atoms with E-state index in [4.69, 9.17) is 0 Å². The third-order valence-electron chi connectivity index (χ3n) is 2.90. The molecule has 3 rings (SSSR count). The first-order valence-corrected chi connectivity index (χ1v) is 6.05. The van der Waals surface area contributed by atoms with E-state index in [1.54, 1.807) is 12.2 Å². The van der Waals surface area contributed by atoms with Crippen molar-refractivity contribution in [1.82, 2.24) is 5.06 Å². The van der Waals surface area contributed by atoms with Gasteiger partial charge in [-0.2, -0.15) is 0 Å². The number of hydroxylamine groups is 2. The molecular formula is C15H11N3O2. The molecule has 1 N–H and O–H groups in total. The quantitative estimate of drug-likeness (QED) is 0.848. The Labute approximate surface area is 115 Å². The van der Waals surface area contributed by atoms with Crippen molar-refractivity contribution < 1.29 is 10.0 Å². The van der Waals surface area contributed by atoms with Crippen LogP contribution >= 0.6 is 0 Å². The second-order valence-electron chi connectivity index (χ2n) is 4.27. The number of allylic oxidation sites excluding steroid dienone is 5. The number of azo groups is 1. The van der Waals surface area contributed by atoms with E-state index in [9.17, 15) is 10.0 Å². The van der Waals surface area contributed by atoms with Crippen molar-refractivity contribution in [3.8, 4) is 0 Å². The number of carbonyl (C=O) groups excluding carboxylic acids is 1. The summed E-state index contributed by atoms with van der Waals surface area (Å²) in [7, 11) is 0. The van der Waals surface area contributed by atoms with Crippen molar-refractivity contribution in [2.75, 3.05) is 0 Å². The molecule has 2 aliphatic rings. The molecule has 5 heteroatoms. The molecule has 98 valence electrons. The van der Waals surface area contributed by atoms with Gasteiger partial charge in [0, 0.05) is 11.1 Å². The van der Waals surface area contributed by atoms with Crippen molar-refractivity contribution in [3.63, 3.8) is 0 Å². The maximum atomic E-state index is 11.1. The minimum atomic E-state index is -0.0906. The third kappa shape index (κ3) is 2.34. The smallest absolute Gasteiger partial charge is 0.186 e. The first-order valence-electron chi connectivity index (χ1n) is 6.05. The van der Waals surface area contributed by atoms with Gasteiger partial charge in [0.1, 0.15) is 5.70 Å². The van der Waals surface area contributed by atoms with Crippen molar-refractivity contribution in [2.24, 2.45) is 10.2 Å². The highest BCUT2D eigenvalue weighted by molar-refractivity contribution is 6.01. The summed E-state index contributed by atoms with van der Waals surface area (Å²) in [6, 6.07) is 9.45. The van der Waals surface area contributed by atoms with Crippen molar-refractivity contribution >= 4 is 11.5 Å². The molecule has 0 fully saturated rings. The summed E-state index contributed by atoms with van der Waals surface area (Å²) in [6.07, 6.45) is 7.52. The summed E-state index contributed by atoms with van der Waals surface area (Å²) < 4.78 is 0. The highest BCUT2D eigenvalue weighted by atomic mass is 16.5. The molecule has 0 bridgehead atoms. The fourth-order valence-electron chi connectivity index (χ4n) is 1.89. The summed E-state index contributed by atoms with van der Waals surface area (Å²) >= 11 is 0. The summed E-state index contributed by atoms with van der Waals surface area (Å²) in [4.78, 5) is 11.1. The molecule has 0 atom stereocenters. The van der Waals surface area contributed by atoms with Gasteiger partial charge < -0.3 is 0 Å². The van der Waals surface area contributed by atoms with Gasteiger partial charge in [0.25, 0.3) is 0 Å². The highest BCUT2D eigenvalue weighted by Gasteiger charge is 2.16. The first-order chi connectivity index (χ1) is 9.74. The molecule has 0 saturated heterocycles. The molecule has 0 saturated carbocycles. The van der Waals surface area contributed by atoms with E-state index in [-0.39, 0.29) is 11.6 Å². The van der Waals surface area contributed by atoms with E-state index >= 15 is 0 Å². The van der Waals surface area contributed by atoms with Crippen LogP contribution in [0.5, 0.6) is 0 Å². The number of rotatable bonds is 1. The molecular weight excluding hydrogens is 254 g/mol. The minimum absolute atomic E-state index is 0.0906. The lowest BCUT2D eigenvalue weighted by Gasteiger charge is -2.19. The van der Waals surface area contributed by atoms with E-state index in [2.05, 4.69) is 10.2 Å². The highest BCUT2D eigenvalue weighted by Crippen LogP contribution is 2.26. The Morgan fingerprint density at radius 2 is 1.65 bits per heavy atom. The van der Waals surface area contributed by atoms with E-state index < -0.39 is 0 Å². The molecule has 1 heterocycles. The van der Waals surface area contributed by atoms with Gasteiger partial charge in [-0.25, -0.2) is 5.06 Å². The predicted molar refractivity (Wildman–Crippen MR) is 73.2 cm³/mol. The van der Waals surface area contributed by atoms with Crippen molar-refractivity contribution in [2.45, 2.75) is 0 Å². The Hall–Kier alpha value is -2.79. The molecule has 1 aromatic carbocycles. The fraction of sp³-hybridized carbons (Fsp3) is 0. The van der Waals surface area contributed by atoms with E-state index in [0.717, 1.165) is 10.6 Å². The largest absolute Gasteiger partial charge is 0.290 e. The number of nitrogens with zero attached hydrogens (tertiary/aromatic N) is 3. The number of benzene rings is 1. The zero-order valence-electron chi connectivity index (χ0n) is 10.5. The van der Waals surface area contributed by atoms with Gasteiger partial charge in [-0.3, -0.25) is 10.0 Å². The lowest BCUT2D eigenvalue weighted by molar-refractivity contribution is -0.110. The van der Waals surface area contributed by atoms with Crippen LogP contribution in [-0.4, -0.2) is 16.1 Å². The molecule has 0 unspecified atom stereocenters. The van der Waals surface area contributed by atoms with Gasteiger partial charge in [-0.15, -0.1) is 10.2 Å². The van der Waals surface area contributed by atoms with Gasteiger partial charge in [0.05, 0.1) is 6.20 Å². The van der Waals surface area contributed by atoms with Crippen LogP contribution in [0.4, 0.5) is 0 Å². The Morgan fingerprint density at radius 3 is 2.30 bits per heavy atom. The number of hydrogen-bond donors (Lipinski definition) is 1. The maximum absolute atomic E-state index is 11.1. The van der Waals surface area contributed by atoms with Gasteiger partial charge in [-0.05, 0) is 24.3 Å². The summed E-state index contributed by atoms with van der Waals surface area (Å²) in [5.41, 5.74) is 2.06. The van der Waals surface area contributed by atoms with Crippen LogP contribution < -0.4 is 0 Å². The first kappa shape index (κ1) is 12.3. The van der Waals surface area contributed by atoms with E-state index in [1.165, 1.54) is 18.4 Å². The SMILES string of the molecule is O=C1C=CC(=C2N=NC(c3ccccc3)=CN2O)C=C1. The Kier molecular flexibility index (Phi) is 3.10. The molecule has 20 heavy (non-hydrogen) atoms. The van der Waals surface area contributed by atoms with Crippen LogP contribution in [0.25, 0.3) is 5.70 Å². The van der Waals surface area contributed by atoms with Crippen LogP contribution in [0.15, 0.2) is 82.5 Å². The molecule has 0 amide bonds. The standard InChI is InChI=1S/C15H11N3O2/c19-13-8-6-12(7-9-13)15-17-16-14(10-18(15)20)11-4-2-1-3-5-11/h1-10,20H. The van der Waals surface area contributed by atoms with Crippen LogP contribution in [0.3, 0.4) is 0 Å². The lowest BCUT2D eigenvalue weighted by atomic mass is 10.1. The molecule has 5 nitrogen and oxygen atoms in total. The number of hydrogen-bond acceptors (Lipinski definition) is 5. The topological polar surface area (TPSA) is 65.3 Å². The third-order valence-corrected chi connectivity index (χ3v) is 2.90. The van der Waals surface area contributed by atoms with E-state index in [0.29, 0.717) is 11.3 Å². The summed E-state index contributed by atoms with van der Waals surface area (Å²) in [6.45, 7) is 0. The zero-order valence-corrected chi connectivity index (χ0v) is 10.5. The fourth-order valence-corrected chi connectivity index (χ4v) is 1.89. The second kappa shape index (κ2) is 5.07. The maximum Gasteiger partial charge on any atom is 0.186 e. The molecule has 0 spiro atoms. The van der Waals surface area contributed by atoms with Crippen molar-refractivity contribution in [3.05, 3.63) is 77.8 Å². The Balaban J connectivity index is 1.92. The monoisotopic (exact) mass is 265 g/mol. The van der Waals surface area contributed by atoms with Crippen LogP contribution in [-0.2, 0) is 4.79 Å². The average Bonchev–Trinajstić information content (AvgIpc) is 2.49. The van der Waals surface area contributed by atoms with Crippen molar-refractivity contribution in [1.29, 1.82) is 0 Å². The van der Waals surface area contributed by atoms with Crippen LogP contribution in [0.2, 0.25) is 0 Å². The minimum Gasteiger partial charge on any atom is -0.290 e. The second-order valence-corrected chi connectivity index (χ2v) is 4.27. The van der Waals surface area contributed by atoms with Crippen LogP contribution in [0.1, 0.15) is 5.56 Å². The molecule has 1 aromatic rings. The molecule has 0 aromatic heterocycles. The summed E-state index contributed by atoms with van der Waals surface area (Å²) in [5, 5.41) is 19.0. The Bertz CT molecular complexity index is 679. The number of ketones is 1. The van der Waals surface area contributed by atoms with Gasteiger partial charge >= 0.3 is 0 Å². The van der Waals surface area contributed by atoms with Crippen LogP contribution in [0, 0.1) is 0 Å². The summed E-state index contributed by atoms with van der Waals surface area (Å²) in [5.74, 6) is 0.191. The zero-order chi connectivity index (χ0) is 13.9. The molecule has 0 radical (unpaired) electrons.